The van der Waals surface area contributed by atoms with Gasteiger partial charge in [-0.3, -0.25) is 14.5 Å². The number of piperazine rings is 1. The van der Waals surface area contributed by atoms with E-state index in [2.05, 4.69) is 5.32 Å². The van der Waals surface area contributed by atoms with E-state index in [1.807, 2.05) is 35.2 Å². The van der Waals surface area contributed by atoms with Crippen LogP contribution in [-0.2, 0) is 20.7 Å². The molecule has 2 heterocycles. The fraction of sp³-hybridized carbons (Fsp3) is 0.400. The summed E-state index contributed by atoms with van der Waals surface area (Å²) in [5.41, 5.74) is 7.91. The molecule has 2 fully saturated rings. The summed E-state index contributed by atoms with van der Waals surface area (Å²) >= 11 is 0. The average Bonchev–Trinajstić information content (AvgIpc) is 3.23. The Morgan fingerprint density at radius 3 is 2.51 bits per heavy atom. The number of nitrogens with zero attached hydrogens (tertiary/aromatic N) is 3. The predicted octanol–water partition coefficient (Wildman–Crippen LogP) is 1.85. The second-order valence-corrected chi connectivity index (χ2v) is 8.65. The number of cyclic esters (lactones) is 1. The lowest BCUT2D eigenvalue weighted by molar-refractivity contribution is -0.132. The predicted molar refractivity (Wildman–Crippen MR) is 129 cm³/mol. The number of rotatable bonds is 7. The molecule has 0 saturated carbocycles. The summed E-state index contributed by atoms with van der Waals surface area (Å²) in [4.78, 5) is 41.4. The molecule has 186 valence electrons. The Balaban J connectivity index is 1.33. The lowest BCUT2D eigenvalue weighted by Gasteiger charge is -2.37. The van der Waals surface area contributed by atoms with Gasteiger partial charge in [-0.2, -0.15) is 0 Å². The normalized spacial score (nSPS) is 18.9. The second kappa shape index (κ2) is 10.7. The summed E-state index contributed by atoms with van der Waals surface area (Å²) in [7, 11) is 0. The molecule has 0 aliphatic carbocycles. The van der Waals surface area contributed by atoms with Gasteiger partial charge in [-0.15, -0.1) is 0 Å². The largest absolute Gasteiger partial charge is 0.423 e. The number of benzene rings is 2. The zero-order valence-electron chi connectivity index (χ0n) is 19.7. The van der Waals surface area contributed by atoms with E-state index in [9.17, 15) is 14.4 Å². The fourth-order valence-corrected chi connectivity index (χ4v) is 4.31. The van der Waals surface area contributed by atoms with Gasteiger partial charge in [0, 0.05) is 32.6 Å². The molecular weight excluding hydrogens is 453 g/mol. The highest BCUT2D eigenvalue weighted by atomic mass is 19.1. The number of anilines is 2. The zero-order valence-corrected chi connectivity index (χ0v) is 19.7. The molecule has 2 aromatic rings. The van der Waals surface area contributed by atoms with Crippen molar-refractivity contribution in [3.05, 3.63) is 59.9 Å². The Hall–Kier alpha value is -3.66. The lowest BCUT2D eigenvalue weighted by atomic mass is 10.1. The van der Waals surface area contributed by atoms with E-state index in [0.717, 1.165) is 5.56 Å². The zero-order chi connectivity index (χ0) is 24.9. The topological polar surface area (TPSA) is 108 Å². The first-order valence-corrected chi connectivity index (χ1v) is 11.8. The van der Waals surface area contributed by atoms with Crippen LogP contribution in [0.3, 0.4) is 0 Å². The van der Waals surface area contributed by atoms with E-state index in [-0.39, 0.29) is 24.8 Å². The number of hydrogen-bond donors (Lipinski definition) is 2. The maximum Gasteiger partial charge on any atom is 0.416 e. The van der Waals surface area contributed by atoms with Crippen molar-refractivity contribution >= 4 is 29.3 Å². The molecule has 4 rings (SSSR count). The Kier molecular flexibility index (Phi) is 7.50. The number of nitrogens with two attached hydrogens (primary N) is 1. The summed E-state index contributed by atoms with van der Waals surface area (Å²) < 4.78 is 20.2. The molecule has 10 heteroatoms. The SMILES string of the molecule is CCC(=O)N[C@@H]1CN(c2ccc(N3CCN(C(=O)C(N)Cc4ccccc4)CC3)c(F)c2)C(=O)O1. The minimum absolute atomic E-state index is 0.105. The highest BCUT2D eigenvalue weighted by Gasteiger charge is 2.34. The quantitative estimate of drug-likeness (QED) is 0.622. The number of carbonyl (C=O) groups is 3. The minimum atomic E-state index is -0.767. The maximum absolute atomic E-state index is 15.0. The van der Waals surface area contributed by atoms with Crippen LogP contribution >= 0.6 is 0 Å². The molecule has 9 nitrogen and oxygen atoms in total. The van der Waals surface area contributed by atoms with Crippen LogP contribution in [0.15, 0.2) is 48.5 Å². The molecule has 0 radical (unpaired) electrons. The molecule has 2 aliphatic heterocycles. The Labute approximate surface area is 203 Å². The van der Waals surface area contributed by atoms with Gasteiger partial charge in [-0.1, -0.05) is 37.3 Å². The molecule has 0 spiro atoms. The second-order valence-electron chi connectivity index (χ2n) is 8.65. The van der Waals surface area contributed by atoms with Crippen molar-refractivity contribution in [3.63, 3.8) is 0 Å². The van der Waals surface area contributed by atoms with Gasteiger partial charge >= 0.3 is 6.09 Å². The molecule has 0 bridgehead atoms. The summed E-state index contributed by atoms with van der Waals surface area (Å²) in [6, 6.07) is 13.6. The van der Waals surface area contributed by atoms with E-state index < -0.39 is 24.2 Å². The number of amides is 3. The van der Waals surface area contributed by atoms with Crippen molar-refractivity contribution in [2.75, 3.05) is 42.5 Å². The van der Waals surface area contributed by atoms with E-state index in [1.165, 1.54) is 11.0 Å². The van der Waals surface area contributed by atoms with Gasteiger partial charge in [-0.25, -0.2) is 9.18 Å². The standard InChI is InChI=1S/C25H30FN5O4/c1-2-22(32)28-23-16-31(25(34)35-23)18-8-9-21(19(26)15-18)29-10-12-30(13-11-29)24(33)20(27)14-17-6-4-3-5-7-17/h3-9,15,20,23H,2,10-14,16,27H2,1H3,(H,28,32)/t20?,23-/m0/s1. The minimum Gasteiger partial charge on any atom is -0.423 e. The highest BCUT2D eigenvalue weighted by Crippen LogP contribution is 2.28. The summed E-state index contributed by atoms with van der Waals surface area (Å²) in [5, 5.41) is 2.60. The van der Waals surface area contributed by atoms with Crippen molar-refractivity contribution < 1.29 is 23.5 Å². The number of hydrogen-bond acceptors (Lipinski definition) is 6. The summed E-state index contributed by atoms with van der Waals surface area (Å²) in [6.07, 6.45) is -0.665. The van der Waals surface area contributed by atoms with Crippen LogP contribution in [0.4, 0.5) is 20.6 Å². The lowest BCUT2D eigenvalue weighted by Crippen LogP contribution is -2.53. The molecule has 35 heavy (non-hydrogen) atoms. The van der Waals surface area contributed by atoms with Crippen molar-refractivity contribution in [3.8, 4) is 0 Å². The van der Waals surface area contributed by atoms with Crippen LogP contribution in [0.1, 0.15) is 18.9 Å². The Morgan fingerprint density at radius 1 is 1.14 bits per heavy atom. The molecule has 3 amide bonds. The van der Waals surface area contributed by atoms with Gasteiger partial charge in [0.05, 0.1) is 24.0 Å². The van der Waals surface area contributed by atoms with Gasteiger partial charge in [-0.05, 0) is 30.2 Å². The van der Waals surface area contributed by atoms with Crippen LogP contribution in [-0.4, -0.2) is 67.8 Å². The van der Waals surface area contributed by atoms with Gasteiger partial charge < -0.3 is 25.6 Å². The summed E-state index contributed by atoms with van der Waals surface area (Å²) in [5.74, 6) is -0.816. The van der Waals surface area contributed by atoms with E-state index in [1.54, 1.807) is 24.0 Å². The first kappa shape index (κ1) is 24.5. The van der Waals surface area contributed by atoms with E-state index in [0.29, 0.717) is 44.0 Å². The van der Waals surface area contributed by atoms with Crippen molar-refractivity contribution in [1.82, 2.24) is 10.2 Å². The third-order valence-electron chi connectivity index (χ3n) is 6.25. The van der Waals surface area contributed by atoms with Gasteiger partial charge in [0.2, 0.25) is 11.8 Å². The van der Waals surface area contributed by atoms with Crippen molar-refractivity contribution in [2.45, 2.75) is 32.0 Å². The molecule has 2 saturated heterocycles. The molecule has 2 aromatic carbocycles. The van der Waals surface area contributed by atoms with Gasteiger partial charge in [0.1, 0.15) is 5.82 Å². The van der Waals surface area contributed by atoms with Crippen LogP contribution in [0.5, 0.6) is 0 Å². The van der Waals surface area contributed by atoms with Crippen LogP contribution in [0, 0.1) is 5.82 Å². The van der Waals surface area contributed by atoms with Crippen molar-refractivity contribution in [1.29, 1.82) is 0 Å². The van der Waals surface area contributed by atoms with Crippen LogP contribution in [0.2, 0.25) is 0 Å². The molecule has 2 aliphatic rings. The third kappa shape index (κ3) is 5.71. The maximum atomic E-state index is 15.0. The first-order valence-electron chi connectivity index (χ1n) is 11.8. The molecule has 0 aromatic heterocycles. The summed E-state index contributed by atoms with van der Waals surface area (Å²) in [6.45, 7) is 3.63. The number of halogens is 1. The molecular formula is C25H30FN5O4. The third-order valence-corrected chi connectivity index (χ3v) is 6.25. The number of nitrogens with one attached hydrogen (secondary N) is 1. The van der Waals surface area contributed by atoms with Crippen molar-refractivity contribution in [2.24, 2.45) is 5.73 Å². The smallest absolute Gasteiger partial charge is 0.416 e. The number of ether oxygens (including phenoxy) is 1. The number of carbonyl (C=O) groups excluding carboxylic acids is 3. The molecule has 3 N–H and O–H groups in total. The fourth-order valence-electron chi connectivity index (χ4n) is 4.31. The first-order chi connectivity index (χ1) is 16.9. The highest BCUT2D eigenvalue weighted by molar-refractivity contribution is 5.90. The van der Waals surface area contributed by atoms with Crippen LogP contribution in [0.25, 0.3) is 0 Å². The van der Waals surface area contributed by atoms with Crippen LogP contribution < -0.4 is 20.9 Å². The van der Waals surface area contributed by atoms with Gasteiger partial charge in [0.25, 0.3) is 0 Å². The van der Waals surface area contributed by atoms with E-state index in [4.69, 9.17) is 10.5 Å². The average molecular weight is 484 g/mol. The molecule has 2 atom stereocenters. The Bertz CT molecular complexity index is 1070. The Morgan fingerprint density at radius 2 is 1.86 bits per heavy atom. The monoisotopic (exact) mass is 483 g/mol. The molecule has 1 unspecified atom stereocenters. The van der Waals surface area contributed by atoms with E-state index >= 15 is 4.39 Å². The van der Waals surface area contributed by atoms with Gasteiger partial charge in [0.15, 0.2) is 6.23 Å².